The van der Waals surface area contributed by atoms with Gasteiger partial charge in [0.1, 0.15) is 17.4 Å². The molecule has 0 fully saturated rings. The highest BCUT2D eigenvalue weighted by Gasteiger charge is 2.00. The number of rotatable bonds is 5. The summed E-state index contributed by atoms with van der Waals surface area (Å²) in [6, 6.07) is 8.06. The zero-order valence-electron chi connectivity index (χ0n) is 9.85. The van der Waals surface area contributed by atoms with Crippen LogP contribution in [0.5, 0.6) is 5.75 Å². The van der Waals surface area contributed by atoms with Gasteiger partial charge in [0.2, 0.25) is 0 Å². The lowest BCUT2D eigenvalue weighted by Crippen LogP contribution is -2.02. The average Bonchev–Trinajstić information content (AvgIpc) is 2.75. The standard InChI is InChI=1S/C13H16N2OS/c1-10-9-17-13(15-10)8-16-12-4-2-11(3-5-12)6-7-14/h2-5,9H,6-8,14H2,1H3. The van der Waals surface area contributed by atoms with Gasteiger partial charge in [0.05, 0.1) is 0 Å². The van der Waals surface area contributed by atoms with Gasteiger partial charge in [0, 0.05) is 11.1 Å². The van der Waals surface area contributed by atoms with Gasteiger partial charge in [-0.1, -0.05) is 12.1 Å². The molecule has 0 bridgehead atoms. The SMILES string of the molecule is Cc1csc(COc2ccc(CCN)cc2)n1. The Morgan fingerprint density at radius 3 is 2.65 bits per heavy atom. The van der Waals surface area contributed by atoms with Crippen molar-refractivity contribution in [2.45, 2.75) is 20.0 Å². The third-order valence-corrected chi connectivity index (χ3v) is 3.33. The second-order valence-electron chi connectivity index (χ2n) is 3.85. The summed E-state index contributed by atoms with van der Waals surface area (Å²) in [7, 11) is 0. The molecule has 2 N–H and O–H groups in total. The second-order valence-corrected chi connectivity index (χ2v) is 4.80. The van der Waals surface area contributed by atoms with Crippen LogP contribution in [-0.2, 0) is 13.0 Å². The van der Waals surface area contributed by atoms with Gasteiger partial charge in [-0.3, -0.25) is 0 Å². The molecule has 2 aromatic rings. The Hall–Kier alpha value is -1.39. The third-order valence-electron chi connectivity index (χ3n) is 2.39. The number of aromatic nitrogens is 1. The molecule has 0 atom stereocenters. The summed E-state index contributed by atoms with van der Waals surface area (Å²) in [5.74, 6) is 0.874. The summed E-state index contributed by atoms with van der Waals surface area (Å²) < 4.78 is 5.66. The average molecular weight is 248 g/mol. The van der Waals surface area contributed by atoms with Crippen LogP contribution in [0.25, 0.3) is 0 Å². The fourth-order valence-electron chi connectivity index (χ4n) is 1.53. The highest BCUT2D eigenvalue weighted by atomic mass is 32.1. The molecule has 1 aromatic carbocycles. The molecule has 0 aliphatic heterocycles. The Morgan fingerprint density at radius 2 is 2.06 bits per heavy atom. The van der Waals surface area contributed by atoms with E-state index in [1.807, 2.05) is 24.4 Å². The number of aryl methyl sites for hydroxylation is 1. The molecular formula is C13H16N2OS. The van der Waals surface area contributed by atoms with Crippen LogP contribution < -0.4 is 10.5 Å². The summed E-state index contributed by atoms with van der Waals surface area (Å²) in [6.07, 6.45) is 0.909. The van der Waals surface area contributed by atoms with Crippen LogP contribution in [0.15, 0.2) is 29.6 Å². The molecule has 0 aliphatic rings. The molecule has 0 amide bonds. The van der Waals surface area contributed by atoms with Crippen molar-refractivity contribution in [2.75, 3.05) is 6.54 Å². The number of hydrogen-bond acceptors (Lipinski definition) is 4. The summed E-state index contributed by atoms with van der Waals surface area (Å²) in [5.41, 5.74) is 7.79. The monoisotopic (exact) mass is 248 g/mol. The normalized spacial score (nSPS) is 10.5. The zero-order chi connectivity index (χ0) is 12.1. The summed E-state index contributed by atoms with van der Waals surface area (Å²) >= 11 is 1.63. The molecule has 1 aromatic heterocycles. The number of hydrogen-bond donors (Lipinski definition) is 1. The maximum Gasteiger partial charge on any atom is 0.140 e. The van der Waals surface area contributed by atoms with Crippen molar-refractivity contribution in [3.63, 3.8) is 0 Å². The van der Waals surface area contributed by atoms with E-state index in [4.69, 9.17) is 10.5 Å². The van der Waals surface area contributed by atoms with Crippen LogP contribution in [0.2, 0.25) is 0 Å². The van der Waals surface area contributed by atoms with Crippen molar-refractivity contribution in [1.82, 2.24) is 4.98 Å². The van der Waals surface area contributed by atoms with E-state index in [1.54, 1.807) is 11.3 Å². The Bertz CT molecular complexity index is 465. The van der Waals surface area contributed by atoms with Crippen molar-refractivity contribution in [3.05, 3.63) is 45.9 Å². The van der Waals surface area contributed by atoms with Gasteiger partial charge in [-0.25, -0.2) is 4.98 Å². The molecule has 0 saturated carbocycles. The minimum absolute atomic E-state index is 0.536. The first-order valence-electron chi connectivity index (χ1n) is 5.61. The van der Waals surface area contributed by atoms with Gasteiger partial charge in [0.25, 0.3) is 0 Å². The van der Waals surface area contributed by atoms with Crippen molar-refractivity contribution in [2.24, 2.45) is 5.73 Å². The molecule has 0 aliphatic carbocycles. The number of nitrogens with zero attached hydrogens (tertiary/aromatic N) is 1. The van der Waals surface area contributed by atoms with E-state index in [-0.39, 0.29) is 0 Å². The van der Waals surface area contributed by atoms with Crippen LogP contribution in [0, 0.1) is 6.92 Å². The maximum absolute atomic E-state index is 5.66. The van der Waals surface area contributed by atoms with E-state index < -0.39 is 0 Å². The van der Waals surface area contributed by atoms with Gasteiger partial charge in [-0.05, 0) is 37.6 Å². The van der Waals surface area contributed by atoms with Crippen molar-refractivity contribution in [3.8, 4) is 5.75 Å². The molecule has 0 radical (unpaired) electrons. The van der Waals surface area contributed by atoms with E-state index in [2.05, 4.69) is 17.1 Å². The fourth-order valence-corrected chi connectivity index (χ4v) is 2.22. The van der Waals surface area contributed by atoms with Crippen LogP contribution in [0.3, 0.4) is 0 Å². The maximum atomic E-state index is 5.66. The molecule has 4 heteroatoms. The zero-order valence-corrected chi connectivity index (χ0v) is 10.7. The predicted molar refractivity (Wildman–Crippen MR) is 70.4 cm³/mol. The predicted octanol–water partition coefficient (Wildman–Crippen LogP) is 2.53. The molecular weight excluding hydrogens is 232 g/mol. The Labute approximate surface area is 105 Å². The number of nitrogens with two attached hydrogens (primary N) is 1. The molecule has 90 valence electrons. The van der Waals surface area contributed by atoms with E-state index in [1.165, 1.54) is 5.56 Å². The molecule has 0 unspecified atom stereocenters. The third kappa shape index (κ3) is 3.54. The van der Waals surface area contributed by atoms with Gasteiger partial charge in [0.15, 0.2) is 0 Å². The number of benzene rings is 1. The van der Waals surface area contributed by atoms with E-state index in [0.29, 0.717) is 13.2 Å². The minimum atomic E-state index is 0.536. The van der Waals surface area contributed by atoms with E-state index >= 15 is 0 Å². The highest BCUT2D eigenvalue weighted by molar-refractivity contribution is 7.09. The first-order chi connectivity index (χ1) is 8.28. The lowest BCUT2D eigenvalue weighted by Gasteiger charge is -2.05. The molecule has 3 nitrogen and oxygen atoms in total. The molecule has 2 rings (SSSR count). The first kappa shape index (κ1) is 12.1. The van der Waals surface area contributed by atoms with Gasteiger partial charge >= 0.3 is 0 Å². The van der Waals surface area contributed by atoms with Crippen molar-refractivity contribution < 1.29 is 4.74 Å². The highest BCUT2D eigenvalue weighted by Crippen LogP contribution is 2.16. The van der Waals surface area contributed by atoms with Crippen molar-refractivity contribution in [1.29, 1.82) is 0 Å². The molecule has 0 spiro atoms. The first-order valence-corrected chi connectivity index (χ1v) is 6.48. The fraction of sp³-hybridized carbons (Fsp3) is 0.308. The largest absolute Gasteiger partial charge is 0.486 e. The topological polar surface area (TPSA) is 48.1 Å². The smallest absolute Gasteiger partial charge is 0.140 e. The quantitative estimate of drug-likeness (QED) is 0.884. The van der Waals surface area contributed by atoms with Crippen LogP contribution in [-0.4, -0.2) is 11.5 Å². The summed E-state index contributed by atoms with van der Waals surface area (Å²) in [6.45, 7) is 3.20. The second kappa shape index (κ2) is 5.80. The molecule has 0 saturated heterocycles. The van der Waals surface area contributed by atoms with Crippen LogP contribution in [0.1, 0.15) is 16.3 Å². The minimum Gasteiger partial charge on any atom is -0.486 e. The number of thiazole rings is 1. The van der Waals surface area contributed by atoms with Crippen LogP contribution >= 0.6 is 11.3 Å². The Morgan fingerprint density at radius 1 is 1.29 bits per heavy atom. The Kier molecular flexibility index (Phi) is 4.12. The van der Waals surface area contributed by atoms with E-state index in [9.17, 15) is 0 Å². The van der Waals surface area contributed by atoms with Crippen molar-refractivity contribution >= 4 is 11.3 Å². The van der Waals surface area contributed by atoms with Gasteiger partial charge < -0.3 is 10.5 Å². The van der Waals surface area contributed by atoms with E-state index in [0.717, 1.165) is 22.9 Å². The number of ether oxygens (including phenoxy) is 1. The van der Waals surface area contributed by atoms with Gasteiger partial charge in [-0.2, -0.15) is 0 Å². The lowest BCUT2D eigenvalue weighted by atomic mass is 10.1. The molecule has 1 heterocycles. The summed E-state index contributed by atoms with van der Waals surface area (Å²) in [5, 5.41) is 3.04. The lowest BCUT2D eigenvalue weighted by molar-refractivity contribution is 0.305. The summed E-state index contributed by atoms with van der Waals surface area (Å²) in [4.78, 5) is 4.35. The molecule has 17 heavy (non-hydrogen) atoms. The van der Waals surface area contributed by atoms with Crippen LogP contribution in [0.4, 0.5) is 0 Å². The van der Waals surface area contributed by atoms with Gasteiger partial charge in [-0.15, -0.1) is 11.3 Å². The Balaban J connectivity index is 1.90.